The molecule has 1 fully saturated rings. The first-order valence-electron chi connectivity index (χ1n) is 6.65. The molecule has 0 bridgehead atoms. The zero-order valence-electron chi connectivity index (χ0n) is 10.9. The number of benzene rings is 1. The van der Waals surface area contributed by atoms with Gasteiger partial charge in [0.15, 0.2) is 0 Å². The Bertz CT molecular complexity index is 464. The largest absolute Gasteiger partial charge is 0.394 e. The smallest absolute Gasteiger partial charge is 0.123 e. The Labute approximate surface area is 122 Å². The van der Waals surface area contributed by atoms with Crippen molar-refractivity contribution in [2.24, 2.45) is 5.73 Å². The number of anilines is 1. The van der Waals surface area contributed by atoms with E-state index in [1.165, 1.54) is 12.8 Å². The van der Waals surface area contributed by atoms with E-state index in [4.69, 9.17) is 11.1 Å². The van der Waals surface area contributed by atoms with Gasteiger partial charge in [-0.3, -0.25) is 5.41 Å². The summed E-state index contributed by atoms with van der Waals surface area (Å²) in [5.41, 5.74) is 7.31. The molecular weight excluding hydrogens is 306 g/mol. The minimum absolute atomic E-state index is 0.0630. The predicted octanol–water partition coefficient (Wildman–Crippen LogP) is 2.47. The second-order valence-corrected chi connectivity index (χ2v) is 5.81. The van der Waals surface area contributed by atoms with Gasteiger partial charge in [-0.05, 0) is 47.0 Å². The predicted molar refractivity (Wildman–Crippen MR) is 81.8 cm³/mol. The average molecular weight is 326 g/mol. The molecule has 1 atom stereocenters. The van der Waals surface area contributed by atoms with Crippen molar-refractivity contribution in [2.75, 3.05) is 18.1 Å². The maximum absolute atomic E-state index is 9.55. The Morgan fingerprint density at radius 1 is 1.42 bits per heavy atom. The highest BCUT2D eigenvalue weighted by atomic mass is 79.9. The summed E-state index contributed by atoms with van der Waals surface area (Å²) in [6.45, 7) is 1.16. The lowest BCUT2D eigenvalue weighted by Gasteiger charge is -2.31. The van der Waals surface area contributed by atoms with E-state index in [0.29, 0.717) is 5.56 Å². The minimum atomic E-state index is 0.0630. The monoisotopic (exact) mass is 325 g/mol. The molecule has 1 heterocycles. The van der Waals surface area contributed by atoms with Gasteiger partial charge in [0.1, 0.15) is 5.84 Å². The van der Waals surface area contributed by atoms with Crippen molar-refractivity contribution in [1.29, 1.82) is 5.41 Å². The fraction of sp³-hybridized carbons (Fsp3) is 0.500. The number of halogens is 1. The highest BCUT2D eigenvalue weighted by molar-refractivity contribution is 9.10. The first-order valence-corrected chi connectivity index (χ1v) is 7.44. The number of aliphatic hydroxyl groups excluding tert-OH is 1. The molecule has 19 heavy (non-hydrogen) atoms. The van der Waals surface area contributed by atoms with Gasteiger partial charge >= 0.3 is 0 Å². The van der Waals surface area contributed by atoms with Crippen LogP contribution in [0.15, 0.2) is 22.7 Å². The molecule has 1 aliphatic heterocycles. The van der Waals surface area contributed by atoms with Gasteiger partial charge in [0, 0.05) is 22.3 Å². The number of nitrogens with two attached hydrogens (primary N) is 1. The second kappa shape index (κ2) is 6.39. The van der Waals surface area contributed by atoms with E-state index in [2.05, 4.69) is 20.8 Å². The Hall–Kier alpha value is -1.07. The van der Waals surface area contributed by atoms with Crippen LogP contribution in [0.3, 0.4) is 0 Å². The van der Waals surface area contributed by atoms with Crippen molar-refractivity contribution in [1.82, 2.24) is 0 Å². The summed E-state index contributed by atoms with van der Waals surface area (Å²) in [6, 6.07) is 6.03. The van der Waals surface area contributed by atoms with Crippen LogP contribution in [0.1, 0.15) is 31.2 Å². The summed E-state index contributed by atoms with van der Waals surface area (Å²) in [5.74, 6) is 0.0630. The van der Waals surface area contributed by atoms with Crippen molar-refractivity contribution in [3.05, 3.63) is 28.2 Å². The zero-order chi connectivity index (χ0) is 13.8. The molecule has 1 saturated heterocycles. The van der Waals surface area contributed by atoms with Gasteiger partial charge in [0.25, 0.3) is 0 Å². The molecule has 0 radical (unpaired) electrons. The van der Waals surface area contributed by atoms with E-state index in [0.717, 1.165) is 29.5 Å². The van der Waals surface area contributed by atoms with Crippen LogP contribution in [0.4, 0.5) is 5.69 Å². The number of nitrogens with zero attached hydrogens (tertiary/aromatic N) is 1. The van der Waals surface area contributed by atoms with E-state index < -0.39 is 0 Å². The highest BCUT2D eigenvalue weighted by Gasteiger charge is 2.21. The van der Waals surface area contributed by atoms with Crippen LogP contribution < -0.4 is 10.6 Å². The second-order valence-electron chi connectivity index (χ2n) is 4.96. The summed E-state index contributed by atoms with van der Waals surface area (Å²) in [7, 11) is 0. The SMILES string of the molecule is N=C(N)c1ccc(N2CCCCCC2CO)cc1Br. The third-order valence-electron chi connectivity index (χ3n) is 3.66. The summed E-state index contributed by atoms with van der Waals surface area (Å²) < 4.78 is 0.832. The summed E-state index contributed by atoms with van der Waals surface area (Å²) in [5, 5.41) is 17.0. The summed E-state index contributed by atoms with van der Waals surface area (Å²) >= 11 is 3.47. The first kappa shape index (κ1) is 14.3. The lowest BCUT2D eigenvalue weighted by Crippen LogP contribution is -2.37. The molecule has 4 nitrogen and oxygen atoms in total. The maximum atomic E-state index is 9.55. The van der Waals surface area contributed by atoms with E-state index in [1.54, 1.807) is 0 Å². The number of nitrogens with one attached hydrogen (secondary N) is 1. The van der Waals surface area contributed by atoms with Crippen LogP contribution in [0.25, 0.3) is 0 Å². The van der Waals surface area contributed by atoms with E-state index in [9.17, 15) is 5.11 Å². The number of amidine groups is 1. The van der Waals surface area contributed by atoms with Crippen LogP contribution in [0, 0.1) is 5.41 Å². The Kier molecular flexibility index (Phi) is 4.82. The molecule has 104 valence electrons. The molecule has 1 unspecified atom stereocenters. The number of hydrogen-bond donors (Lipinski definition) is 3. The van der Waals surface area contributed by atoms with Gasteiger partial charge in [-0.2, -0.15) is 0 Å². The summed E-state index contributed by atoms with van der Waals surface area (Å²) in [4.78, 5) is 2.27. The molecule has 0 aromatic heterocycles. The fourth-order valence-electron chi connectivity index (χ4n) is 2.61. The van der Waals surface area contributed by atoms with Gasteiger partial charge in [0.2, 0.25) is 0 Å². The first-order chi connectivity index (χ1) is 9.13. The molecule has 4 N–H and O–H groups in total. The number of hydrogen-bond acceptors (Lipinski definition) is 3. The lowest BCUT2D eigenvalue weighted by atomic mass is 10.1. The van der Waals surface area contributed by atoms with Crippen LogP contribution in [0.5, 0.6) is 0 Å². The number of rotatable bonds is 3. The van der Waals surface area contributed by atoms with E-state index in [1.807, 2.05) is 18.2 Å². The van der Waals surface area contributed by atoms with Crippen molar-refractivity contribution >= 4 is 27.5 Å². The Morgan fingerprint density at radius 2 is 2.21 bits per heavy atom. The van der Waals surface area contributed by atoms with Gasteiger partial charge in [-0.15, -0.1) is 0 Å². The summed E-state index contributed by atoms with van der Waals surface area (Å²) in [6.07, 6.45) is 4.58. The maximum Gasteiger partial charge on any atom is 0.123 e. The molecule has 1 aromatic rings. The molecule has 1 aliphatic rings. The molecule has 5 heteroatoms. The number of aliphatic hydroxyl groups is 1. The number of nitrogen functional groups attached to an aromatic ring is 1. The minimum Gasteiger partial charge on any atom is -0.394 e. The fourth-order valence-corrected chi connectivity index (χ4v) is 3.19. The normalized spacial score (nSPS) is 20.1. The highest BCUT2D eigenvalue weighted by Crippen LogP contribution is 2.28. The molecule has 0 aliphatic carbocycles. The lowest BCUT2D eigenvalue weighted by molar-refractivity contribution is 0.255. The Balaban J connectivity index is 2.28. The van der Waals surface area contributed by atoms with Crippen LogP contribution in [-0.2, 0) is 0 Å². The van der Waals surface area contributed by atoms with E-state index >= 15 is 0 Å². The van der Waals surface area contributed by atoms with Crippen molar-refractivity contribution in [3.8, 4) is 0 Å². The van der Waals surface area contributed by atoms with Crippen molar-refractivity contribution in [2.45, 2.75) is 31.7 Å². The van der Waals surface area contributed by atoms with Crippen LogP contribution >= 0.6 is 15.9 Å². The molecule has 1 aromatic carbocycles. The van der Waals surface area contributed by atoms with Crippen LogP contribution in [-0.4, -0.2) is 30.1 Å². The zero-order valence-corrected chi connectivity index (χ0v) is 12.5. The van der Waals surface area contributed by atoms with Crippen molar-refractivity contribution in [3.63, 3.8) is 0 Å². The molecule has 2 rings (SSSR count). The molecule has 0 spiro atoms. The van der Waals surface area contributed by atoms with E-state index in [-0.39, 0.29) is 18.5 Å². The Morgan fingerprint density at radius 3 is 2.84 bits per heavy atom. The molecule has 0 amide bonds. The van der Waals surface area contributed by atoms with Gasteiger partial charge in [-0.1, -0.05) is 12.8 Å². The van der Waals surface area contributed by atoms with Crippen LogP contribution in [0.2, 0.25) is 0 Å². The standard InChI is InChI=1S/C14H20BrN3O/c15-13-8-10(5-6-12(13)14(16)17)18-7-3-1-2-4-11(18)9-19/h5-6,8,11,19H,1-4,7,9H2,(H3,16,17). The van der Waals surface area contributed by atoms with Gasteiger partial charge in [-0.25, -0.2) is 0 Å². The third-order valence-corrected chi connectivity index (χ3v) is 4.32. The average Bonchev–Trinajstić information content (AvgIpc) is 2.63. The topological polar surface area (TPSA) is 73.3 Å². The molecular formula is C14H20BrN3O. The van der Waals surface area contributed by atoms with Crippen molar-refractivity contribution < 1.29 is 5.11 Å². The molecule has 0 saturated carbocycles. The quantitative estimate of drug-likeness (QED) is 0.590. The third kappa shape index (κ3) is 3.28. The van der Waals surface area contributed by atoms with Gasteiger partial charge in [0.05, 0.1) is 12.6 Å². The van der Waals surface area contributed by atoms with Gasteiger partial charge < -0.3 is 15.7 Å².